The van der Waals surface area contributed by atoms with E-state index in [1.165, 1.54) is 11.1 Å². The molecule has 0 atom stereocenters. The SMILES string of the molecule is Cc1ccc(CNCCc2nnc3ccccn23)c(Br)c1. The monoisotopic (exact) mass is 344 g/mol. The Morgan fingerprint density at radius 2 is 2.10 bits per heavy atom. The van der Waals surface area contributed by atoms with Gasteiger partial charge in [0, 0.05) is 30.2 Å². The summed E-state index contributed by atoms with van der Waals surface area (Å²) in [6, 6.07) is 12.4. The molecule has 108 valence electrons. The van der Waals surface area contributed by atoms with Crippen LogP contribution in [0.5, 0.6) is 0 Å². The number of aromatic nitrogens is 3. The summed E-state index contributed by atoms with van der Waals surface area (Å²) in [5, 5.41) is 11.8. The van der Waals surface area contributed by atoms with E-state index >= 15 is 0 Å². The van der Waals surface area contributed by atoms with E-state index in [4.69, 9.17) is 0 Å². The van der Waals surface area contributed by atoms with Crippen molar-refractivity contribution in [3.05, 3.63) is 64.0 Å². The Balaban J connectivity index is 1.57. The lowest BCUT2D eigenvalue weighted by Crippen LogP contribution is -2.18. The van der Waals surface area contributed by atoms with Crippen molar-refractivity contribution in [1.82, 2.24) is 19.9 Å². The molecule has 0 unspecified atom stereocenters. The Hall–Kier alpha value is -1.72. The number of halogens is 1. The van der Waals surface area contributed by atoms with Crippen LogP contribution in [0.2, 0.25) is 0 Å². The normalized spacial score (nSPS) is 11.1. The average molecular weight is 345 g/mol. The molecule has 0 amide bonds. The number of benzene rings is 1. The summed E-state index contributed by atoms with van der Waals surface area (Å²) >= 11 is 3.60. The maximum atomic E-state index is 4.23. The first kappa shape index (κ1) is 14.2. The smallest absolute Gasteiger partial charge is 0.160 e. The summed E-state index contributed by atoms with van der Waals surface area (Å²) < 4.78 is 3.19. The molecule has 3 rings (SSSR count). The summed E-state index contributed by atoms with van der Waals surface area (Å²) in [4.78, 5) is 0. The molecule has 0 fully saturated rings. The molecule has 0 spiro atoms. The molecule has 21 heavy (non-hydrogen) atoms. The van der Waals surface area contributed by atoms with E-state index in [1.54, 1.807) is 0 Å². The predicted octanol–water partition coefficient (Wildman–Crippen LogP) is 3.13. The molecule has 2 aromatic heterocycles. The van der Waals surface area contributed by atoms with Crippen molar-refractivity contribution in [1.29, 1.82) is 0 Å². The molecule has 3 aromatic rings. The van der Waals surface area contributed by atoms with Gasteiger partial charge in [-0.05, 0) is 36.2 Å². The number of nitrogens with zero attached hydrogens (tertiary/aromatic N) is 3. The lowest BCUT2D eigenvalue weighted by atomic mass is 10.1. The van der Waals surface area contributed by atoms with Crippen LogP contribution in [-0.4, -0.2) is 21.1 Å². The predicted molar refractivity (Wildman–Crippen MR) is 87.3 cm³/mol. The third kappa shape index (κ3) is 3.31. The molecule has 0 aliphatic carbocycles. The summed E-state index contributed by atoms with van der Waals surface area (Å²) in [7, 11) is 0. The van der Waals surface area contributed by atoms with Crippen LogP contribution in [0, 0.1) is 6.92 Å². The van der Waals surface area contributed by atoms with Gasteiger partial charge in [0.05, 0.1) is 0 Å². The summed E-state index contributed by atoms with van der Waals surface area (Å²) in [6.07, 6.45) is 2.86. The lowest BCUT2D eigenvalue weighted by Gasteiger charge is -2.07. The minimum atomic E-state index is 0.845. The second kappa shape index (κ2) is 6.37. The Bertz CT molecular complexity index is 751. The Labute approximate surface area is 132 Å². The molecule has 1 aromatic carbocycles. The van der Waals surface area contributed by atoms with Crippen LogP contribution in [-0.2, 0) is 13.0 Å². The number of fused-ring (bicyclic) bond motifs is 1. The molecule has 0 bridgehead atoms. The zero-order chi connectivity index (χ0) is 14.7. The number of hydrogen-bond donors (Lipinski definition) is 1. The van der Waals surface area contributed by atoms with Crippen molar-refractivity contribution in [3.63, 3.8) is 0 Å². The van der Waals surface area contributed by atoms with Crippen molar-refractivity contribution in [2.75, 3.05) is 6.54 Å². The zero-order valence-electron chi connectivity index (χ0n) is 11.9. The third-order valence-electron chi connectivity index (χ3n) is 3.43. The molecular weight excluding hydrogens is 328 g/mol. The van der Waals surface area contributed by atoms with E-state index in [9.17, 15) is 0 Å². The van der Waals surface area contributed by atoms with Gasteiger partial charge in [-0.25, -0.2) is 0 Å². The molecule has 0 radical (unpaired) electrons. The first-order chi connectivity index (χ1) is 10.2. The highest BCUT2D eigenvalue weighted by molar-refractivity contribution is 9.10. The Morgan fingerprint density at radius 1 is 1.19 bits per heavy atom. The number of rotatable bonds is 5. The largest absolute Gasteiger partial charge is 0.312 e. The van der Waals surface area contributed by atoms with Crippen molar-refractivity contribution in [3.8, 4) is 0 Å². The second-order valence-corrected chi connectivity index (χ2v) is 5.92. The van der Waals surface area contributed by atoms with Crippen LogP contribution in [0.3, 0.4) is 0 Å². The van der Waals surface area contributed by atoms with Gasteiger partial charge >= 0.3 is 0 Å². The van der Waals surface area contributed by atoms with E-state index < -0.39 is 0 Å². The van der Waals surface area contributed by atoms with Gasteiger partial charge in [0.1, 0.15) is 5.82 Å². The lowest BCUT2D eigenvalue weighted by molar-refractivity contribution is 0.665. The third-order valence-corrected chi connectivity index (χ3v) is 4.17. The minimum Gasteiger partial charge on any atom is -0.312 e. The summed E-state index contributed by atoms with van der Waals surface area (Å²) in [5.41, 5.74) is 3.43. The fourth-order valence-electron chi connectivity index (χ4n) is 2.28. The van der Waals surface area contributed by atoms with Gasteiger partial charge in [-0.15, -0.1) is 10.2 Å². The maximum Gasteiger partial charge on any atom is 0.160 e. The molecule has 4 nitrogen and oxygen atoms in total. The standard InChI is InChI=1S/C16H17BrN4/c1-12-5-6-13(14(17)10-12)11-18-8-7-16-20-19-15-4-2-3-9-21(15)16/h2-6,9-10,18H,7-8,11H2,1H3. The fourth-order valence-corrected chi connectivity index (χ4v) is 2.91. The van der Waals surface area contributed by atoms with Gasteiger partial charge in [0.25, 0.3) is 0 Å². The maximum absolute atomic E-state index is 4.23. The Kier molecular flexibility index (Phi) is 4.31. The number of nitrogens with one attached hydrogen (secondary N) is 1. The Morgan fingerprint density at radius 3 is 2.95 bits per heavy atom. The van der Waals surface area contributed by atoms with Crippen LogP contribution >= 0.6 is 15.9 Å². The van der Waals surface area contributed by atoms with Crippen molar-refractivity contribution < 1.29 is 0 Å². The highest BCUT2D eigenvalue weighted by Gasteiger charge is 2.04. The number of hydrogen-bond acceptors (Lipinski definition) is 3. The van der Waals surface area contributed by atoms with E-state index in [0.717, 1.165) is 35.5 Å². The quantitative estimate of drug-likeness (QED) is 0.723. The molecule has 2 heterocycles. The van der Waals surface area contributed by atoms with Crippen molar-refractivity contribution in [2.45, 2.75) is 19.9 Å². The minimum absolute atomic E-state index is 0.845. The van der Waals surface area contributed by atoms with Crippen LogP contribution in [0.4, 0.5) is 0 Å². The van der Waals surface area contributed by atoms with Gasteiger partial charge in [0.15, 0.2) is 5.65 Å². The number of pyridine rings is 1. The van der Waals surface area contributed by atoms with Crippen molar-refractivity contribution >= 4 is 21.6 Å². The van der Waals surface area contributed by atoms with Crippen LogP contribution in [0.15, 0.2) is 47.1 Å². The molecule has 0 saturated carbocycles. The molecule has 0 aliphatic rings. The van der Waals surface area contributed by atoms with Crippen LogP contribution in [0.1, 0.15) is 17.0 Å². The fraction of sp³-hybridized carbons (Fsp3) is 0.250. The summed E-state index contributed by atoms with van der Waals surface area (Å²) in [5.74, 6) is 0.987. The molecular formula is C16H17BrN4. The first-order valence-electron chi connectivity index (χ1n) is 6.98. The first-order valence-corrected chi connectivity index (χ1v) is 7.78. The van der Waals surface area contributed by atoms with Gasteiger partial charge in [0.2, 0.25) is 0 Å². The highest BCUT2D eigenvalue weighted by atomic mass is 79.9. The number of aryl methyl sites for hydroxylation is 1. The van der Waals surface area contributed by atoms with E-state index in [-0.39, 0.29) is 0 Å². The second-order valence-electron chi connectivity index (χ2n) is 5.07. The van der Waals surface area contributed by atoms with Gasteiger partial charge in [-0.3, -0.25) is 4.40 Å². The van der Waals surface area contributed by atoms with Crippen LogP contribution in [0.25, 0.3) is 5.65 Å². The molecule has 0 saturated heterocycles. The zero-order valence-corrected chi connectivity index (χ0v) is 13.5. The van der Waals surface area contributed by atoms with Gasteiger partial charge in [-0.2, -0.15) is 0 Å². The van der Waals surface area contributed by atoms with Gasteiger partial charge < -0.3 is 5.32 Å². The van der Waals surface area contributed by atoms with E-state index in [0.29, 0.717) is 0 Å². The average Bonchev–Trinajstić information content (AvgIpc) is 2.89. The van der Waals surface area contributed by atoms with Crippen molar-refractivity contribution in [2.24, 2.45) is 0 Å². The van der Waals surface area contributed by atoms with E-state index in [2.05, 4.69) is 56.6 Å². The molecule has 5 heteroatoms. The summed E-state index contributed by atoms with van der Waals surface area (Å²) in [6.45, 7) is 3.81. The van der Waals surface area contributed by atoms with E-state index in [1.807, 2.05) is 28.8 Å². The molecule has 0 aliphatic heterocycles. The van der Waals surface area contributed by atoms with Gasteiger partial charge in [-0.1, -0.05) is 34.1 Å². The molecule has 1 N–H and O–H groups in total. The van der Waals surface area contributed by atoms with Crippen LogP contribution < -0.4 is 5.32 Å². The highest BCUT2D eigenvalue weighted by Crippen LogP contribution is 2.18. The topological polar surface area (TPSA) is 42.2 Å².